The van der Waals surface area contributed by atoms with Crippen LogP contribution in [0.15, 0.2) is 34.9 Å². The molecule has 2 rings (SSSR count). The molecule has 0 aliphatic carbocycles. The summed E-state index contributed by atoms with van der Waals surface area (Å²) >= 11 is 0. The lowest BCUT2D eigenvalue weighted by Gasteiger charge is -2.10. The van der Waals surface area contributed by atoms with E-state index in [9.17, 15) is 4.79 Å². The first-order valence-electron chi connectivity index (χ1n) is 7.00. The van der Waals surface area contributed by atoms with Crippen molar-refractivity contribution in [1.82, 2.24) is 15.5 Å². The second kappa shape index (κ2) is 8.14. The van der Waals surface area contributed by atoms with Gasteiger partial charge in [-0.05, 0) is 26.0 Å². The maximum atomic E-state index is 11.7. The summed E-state index contributed by atoms with van der Waals surface area (Å²) in [6.45, 7) is 4.16. The SMILES string of the molecule is Cc1noc([C@H](C)NC(=O)COCCOc2ccccc2)n1. The van der Waals surface area contributed by atoms with Gasteiger partial charge in [0, 0.05) is 0 Å². The molecule has 22 heavy (non-hydrogen) atoms. The van der Waals surface area contributed by atoms with E-state index in [4.69, 9.17) is 14.0 Å². The molecule has 0 aliphatic heterocycles. The topological polar surface area (TPSA) is 86.5 Å². The number of ether oxygens (including phenoxy) is 2. The number of carbonyl (C=O) groups excluding carboxylic acids is 1. The van der Waals surface area contributed by atoms with Crippen LogP contribution in [-0.4, -0.2) is 35.9 Å². The van der Waals surface area contributed by atoms with E-state index in [1.807, 2.05) is 30.3 Å². The highest BCUT2D eigenvalue weighted by Crippen LogP contribution is 2.09. The fourth-order valence-electron chi connectivity index (χ4n) is 1.73. The highest BCUT2D eigenvalue weighted by molar-refractivity contribution is 5.77. The van der Waals surface area contributed by atoms with Crippen molar-refractivity contribution in [3.05, 3.63) is 42.0 Å². The first kappa shape index (κ1) is 16.0. The first-order valence-corrected chi connectivity index (χ1v) is 7.00. The molecule has 1 amide bonds. The number of carbonyl (C=O) groups is 1. The Hall–Kier alpha value is -2.41. The van der Waals surface area contributed by atoms with Crippen LogP contribution in [0.3, 0.4) is 0 Å². The fourth-order valence-corrected chi connectivity index (χ4v) is 1.73. The standard InChI is InChI=1S/C15H19N3O4/c1-11(15-17-12(2)18-22-15)16-14(19)10-20-8-9-21-13-6-4-3-5-7-13/h3-7,11H,8-10H2,1-2H3,(H,16,19)/t11-/m0/s1. The van der Waals surface area contributed by atoms with Gasteiger partial charge < -0.3 is 19.3 Å². The predicted molar refractivity (Wildman–Crippen MR) is 78.3 cm³/mol. The molecule has 0 saturated heterocycles. The minimum atomic E-state index is -0.349. The van der Waals surface area contributed by atoms with Gasteiger partial charge in [-0.15, -0.1) is 0 Å². The molecule has 1 heterocycles. The number of amides is 1. The van der Waals surface area contributed by atoms with Crippen LogP contribution in [0.5, 0.6) is 5.75 Å². The number of nitrogens with zero attached hydrogens (tertiary/aromatic N) is 2. The summed E-state index contributed by atoms with van der Waals surface area (Å²) in [5.74, 6) is 1.43. The summed E-state index contributed by atoms with van der Waals surface area (Å²) < 4.78 is 15.7. The molecule has 7 heteroatoms. The Labute approximate surface area is 128 Å². The average molecular weight is 305 g/mol. The third-order valence-electron chi connectivity index (χ3n) is 2.76. The van der Waals surface area contributed by atoms with Crippen LogP contribution >= 0.6 is 0 Å². The maximum absolute atomic E-state index is 11.7. The van der Waals surface area contributed by atoms with Gasteiger partial charge in [0.05, 0.1) is 6.61 Å². The molecular formula is C15H19N3O4. The third kappa shape index (κ3) is 5.17. The van der Waals surface area contributed by atoms with Crippen LogP contribution in [0.2, 0.25) is 0 Å². The van der Waals surface area contributed by atoms with Gasteiger partial charge in [0.25, 0.3) is 0 Å². The Kier molecular flexibility index (Phi) is 5.91. The highest BCUT2D eigenvalue weighted by Gasteiger charge is 2.15. The van der Waals surface area contributed by atoms with E-state index in [-0.39, 0.29) is 18.6 Å². The molecule has 1 N–H and O–H groups in total. The molecule has 1 aromatic carbocycles. The van der Waals surface area contributed by atoms with E-state index in [2.05, 4.69) is 15.5 Å². The van der Waals surface area contributed by atoms with Crippen molar-refractivity contribution in [3.8, 4) is 5.75 Å². The van der Waals surface area contributed by atoms with Gasteiger partial charge in [0.2, 0.25) is 11.8 Å². The molecule has 0 bridgehead atoms. The van der Waals surface area contributed by atoms with Gasteiger partial charge in [-0.2, -0.15) is 4.98 Å². The Balaban J connectivity index is 1.59. The van der Waals surface area contributed by atoms with Gasteiger partial charge >= 0.3 is 0 Å². The Morgan fingerprint density at radius 1 is 1.32 bits per heavy atom. The molecular weight excluding hydrogens is 286 g/mol. The second-order valence-corrected chi connectivity index (χ2v) is 4.68. The predicted octanol–water partition coefficient (Wildman–Crippen LogP) is 1.65. The average Bonchev–Trinajstić information content (AvgIpc) is 2.94. The number of aryl methyl sites for hydroxylation is 1. The van der Waals surface area contributed by atoms with Gasteiger partial charge in [-0.1, -0.05) is 23.4 Å². The van der Waals surface area contributed by atoms with Crippen LogP contribution in [0.25, 0.3) is 0 Å². The van der Waals surface area contributed by atoms with Crippen LogP contribution in [0.1, 0.15) is 24.7 Å². The van der Waals surface area contributed by atoms with Crippen molar-refractivity contribution in [2.45, 2.75) is 19.9 Å². The molecule has 0 radical (unpaired) electrons. The number of rotatable bonds is 8. The van der Waals surface area contributed by atoms with Crippen molar-refractivity contribution in [2.24, 2.45) is 0 Å². The highest BCUT2D eigenvalue weighted by atomic mass is 16.5. The number of benzene rings is 1. The van der Waals surface area contributed by atoms with Gasteiger partial charge in [0.15, 0.2) is 5.82 Å². The smallest absolute Gasteiger partial charge is 0.248 e. The van der Waals surface area contributed by atoms with Crippen LogP contribution < -0.4 is 10.1 Å². The summed E-state index contributed by atoms with van der Waals surface area (Å²) in [4.78, 5) is 15.8. The number of hydrogen-bond acceptors (Lipinski definition) is 6. The van der Waals surface area contributed by atoms with Crippen LogP contribution in [0.4, 0.5) is 0 Å². The fraction of sp³-hybridized carbons (Fsp3) is 0.400. The normalized spacial score (nSPS) is 11.9. The van der Waals surface area contributed by atoms with E-state index in [1.165, 1.54) is 0 Å². The first-order chi connectivity index (χ1) is 10.6. The molecule has 0 spiro atoms. The van der Waals surface area contributed by atoms with Gasteiger partial charge in [-0.25, -0.2) is 0 Å². The van der Waals surface area contributed by atoms with E-state index in [1.54, 1.807) is 13.8 Å². The molecule has 0 saturated carbocycles. The zero-order valence-electron chi connectivity index (χ0n) is 12.6. The van der Waals surface area contributed by atoms with E-state index >= 15 is 0 Å². The summed E-state index contributed by atoms with van der Waals surface area (Å²) in [7, 11) is 0. The summed E-state index contributed by atoms with van der Waals surface area (Å²) in [6, 6.07) is 9.08. The summed E-state index contributed by atoms with van der Waals surface area (Å²) in [5.41, 5.74) is 0. The van der Waals surface area contributed by atoms with Gasteiger partial charge in [-0.3, -0.25) is 4.79 Å². The van der Waals surface area contributed by atoms with Crippen LogP contribution in [0, 0.1) is 6.92 Å². The third-order valence-corrected chi connectivity index (χ3v) is 2.76. The van der Waals surface area contributed by atoms with Crippen molar-refractivity contribution in [3.63, 3.8) is 0 Å². The quantitative estimate of drug-likeness (QED) is 0.746. The lowest BCUT2D eigenvalue weighted by molar-refractivity contribution is -0.126. The minimum Gasteiger partial charge on any atom is -0.491 e. The largest absolute Gasteiger partial charge is 0.491 e. The molecule has 118 valence electrons. The van der Waals surface area contributed by atoms with E-state index in [0.717, 1.165) is 5.75 Å². The van der Waals surface area contributed by atoms with Gasteiger partial charge in [0.1, 0.15) is 25.0 Å². The van der Waals surface area contributed by atoms with Crippen LogP contribution in [-0.2, 0) is 9.53 Å². The maximum Gasteiger partial charge on any atom is 0.248 e. The van der Waals surface area contributed by atoms with Crippen molar-refractivity contribution >= 4 is 5.91 Å². The number of para-hydroxylation sites is 1. The number of aromatic nitrogens is 2. The van der Waals surface area contributed by atoms with Crippen molar-refractivity contribution in [1.29, 1.82) is 0 Å². The van der Waals surface area contributed by atoms with Crippen molar-refractivity contribution < 1.29 is 18.8 Å². The Morgan fingerprint density at radius 2 is 2.09 bits per heavy atom. The summed E-state index contributed by atoms with van der Waals surface area (Å²) in [5, 5.41) is 6.39. The van der Waals surface area contributed by atoms with Crippen molar-refractivity contribution in [2.75, 3.05) is 19.8 Å². The minimum absolute atomic E-state index is 0.0460. The van der Waals surface area contributed by atoms with E-state index < -0.39 is 0 Å². The molecule has 0 aliphatic rings. The molecule has 0 fully saturated rings. The van der Waals surface area contributed by atoms with E-state index in [0.29, 0.717) is 24.9 Å². The molecule has 1 aromatic heterocycles. The lowest BCUT2D eigenvalue weighted by atomic mass is 10.3. The summed E-state index contributed by atoms with van der Waals surface area (Å²) in [6.07, 6.45) is 0. The molecule has 1 atom stereocenters. The zero-order valence-corrected chi connectivity index (χ0v) is 12.6. The Morgan fingerprint density at radius 3 is 2.77 bits per heavy atom. The molecule has 7 nitrogen and oxygen atoms in total. The zero-order chi connectivity index (χ0) is 15.8. The number of nitrogens with one attached hydrogen (secondary N) is 1. The monoisotopic (exact) mass is 305 g/mol. The lowest BCUT2D eigenvalue weighted by Crippen LogP contribution is -2.30. The Bertz CT molecular complexity index is 585. The molecule has 2 aromatic rings. The second-order valence-electron chi connectivity index (χ2n) is 4.68. The number of hydrogen-bond donors (Lipinski definition) is 1. The molecule has 0 unspecified atom stereocenters.